The second-order valence-corrected chi connectivity index (χ2v) is 13.3. The van der Waals surface area contributed by atoms with E-state index in [1.54, 1.807) is 4.90 Å². The molecule has 5 rings (SSSR count). The van der Waals surface area contributed by atoms with E-state index in [1.165, 1.54) is 6.42 Å². The fourth-order valence-corrected chi connectivity index (χ4v) is 6.45. The number of carbonyl (C=O) groups excluding carboxylic acids is 4. The molecule has 2 aromatic rings. The van der Waals surface area contributed by atoms with Crippen LogP contribution in [0.15, 0.2) is 48.5 Å². The third-order valence-corrected chi connectivity index (χ3v) is 9.72. The van der Waals surface area contributed by atoms with Gasteiger partial charge in [-0.3, -0.25) is 19.2 Å². The number of nitrogens with one attached hydrogen (secondary N) is 3. The number of aryl methyl sites for hydroxylation is 2. The van der Waals surface area contributed by atoms with Crippen LogP contribution < -0.4 is 20.7 Å². The second kappa shape index (κ2) is 17.3. The molecule has 10 nitrogen and oxygen atoms in total. The van der Waals surface area contributed by atoms with Gasteiger partial charge in [-0.05, 0) is 92.5 Å². The van der Waals surface area contributed by atoms with Crippen LogP contribution in [0.25, 0.3) is 0 Å². The summed E-state index contributed by atoms with van der Waals surface area (Å²) in [7, 11) is 0. The lowest BCUT2D eigenvalue weighted by Gasteiger charge is -2.34. The van der Waals surface area contributed by atoms with Crippen LogP contribution in [-0.2, 0) is 36.9 Å². The number of rotatable bonds is 9. The summed E-state index contributed by atoms with van der Waals surface area (Å²) in [6.07, 6.45) is 7.03. The van der Waals surface area contributed by atoms with Crippen LogP contribution in [0.1, 0.15) is 74.5 Å². The fraction of sp³-hybridized carbons (Fsp3) is 0.568. The fourth-order valence-electron chi connectivity index (χ4n) is 6.45. The Labute approximate surface area is 278 Å². The van der Waals surface area contributed by atoms with Crippen LogP contribution in [0.4, 0.5) is 0 Å². The molecule has 3 N–H and O–H groups in total. The quantitative estimate of drug-likeness (QED) is 0.356. The van der Waals surface area contributed by atoms with E-state index in [2.05, 4.69) is 16.0 Å². The number of hydrogen-bond acceptors (Lipinski definition) is 6. The Morgan fingerprint density at radius 3 is 2.64 bits per heavy atom. The number of fused-ring (bicyclic) bond motifs is 4. The Kier molecular flexibility index (Phi) is 12.7. The van der Waals surface area contributed by atoms with Gasteiger partial charge in [0.05, 0.1) is 19.6 Å². The molecule has 2 aliphatic heterocycles. The maximum atomic E-state index is 13.9. The molecule has 0 radical (unpaired) electrons. The molecule has 0 aromatic heterocycles. The summed E-state index contributed by atoms with van der Waals surface area (Å²) in [5.74, 6) is 0.167. The van der Waals surface area contributed by atoms with Crippen molar-refractivity contribution < 1.29 is 28.7 Å². The topological polar surface area (TPSA) is 126 Å². The van der Waals surface area contributed by atoms with Gasteiger partial charge in [0, 0.05) is 32.7 Å². The van der Waals surface area contributed by atoms with Crippen molar-refractivity contribution in [1.29, 1.82) is 0 Å². The Morgan fingerprint density at radius 1 is 1.02 bits per heavy atom. The van der Waals surface area contributed by atoms with E-state index in [-0.39, 0.29) is 49.6 Å². The lowest BCUT2D eigenvalue weighted by Crippen LogP contribution is -2.55. The summed E-state index contributed by atoms with van der Waals surface area (Å²) in [4.78, 5) is 55.9. The smallest absolute Gasteiger partial charge is 0.243 e. The zero-order valence-electron chi connectivity index (χ0n) is 27.6. The minimum atomic E-state index is -1.12. The normalized spacial score (nSPS) is 23.0. The Balaban J connectivity index is 1.33. The molecule has 3 aliphatic rings. The van der Waals surface area contributed by atoms with E-state index in [0.29, 0.717) is 45.1 Å². The summed E-state index contributed by atoms with van der Waals surface area (Å²) in [6, 6.07) is 13.7. The molecule has 3 atom stereocenters. The average molecular weight is 647 g/mol. The van der Waals surface area contributed by atoms with Crippen molar-refractivity contribution in [2.45, 2.75) is 89.8 Å². The van der Waals surface area contributed by atoms with Crippen molar-refractivity contribution >= 4 is 23.6 Å². The van der Waals surface area contributed by atoms with Crippen molar-refractivity contribution in [3.8, 4) is 5.75 Å². The molecule has 1 saturated heterocycles. The van der Waals surface area contributed by atoms with Gasteiger partial charge in [-0.25, -0.2) is 0 Å². The number of benzene rings is 2. The minimum absolute atomic E-state index is 0.0901. The Bertz CT molecular complexity index is 1360. The average Bonchev–Trinajstić information content (AvgIpc) is 3.05. The Morgan fingerprint density at radius 2 is 1.85 bits per heavy atom. The van der Waals surface area contributed by atoms with Crippen LogP contribution in [-0.4, -0.2) is 73.5 Å². The highest BCUT2D eigenvalue weighted by atomic mass is 16.5. The van der Waals surface area contributed by atoms with Gasteiger partial charge in [-0.1, -0.05) is 42.8 Å². The number of ether oxygens (including phenoxy) is 2. The predicted octanol–water partition coefficient (Wildman–Crippen LogP) is 3.83. The van der Waals surface area contributed by atoms with Gasteiger partial charge < -0.3 is 30.3 Å². The van der Waals surface area contributed by atoms with Gasteiger partial charge in [0.15, 0.2) is 0 Å². The van der Waals surface area contributed by atoms with Gasteiger partial charge >= 0.3 is 0 Å². The van der Waals surface area contributed by atoms with Gasteiger partial charge in [-0.15, -0.1) is 0 Å². The largest absolute Gasteiger partial charge is 0.494 e. The summed E-state index contributed by atoms with van der Waals surface area (Å²) in [6.45, 7) is 4.87. The number of amides is 4. The first-order valence-corrected chi connectivity index (χ1v) is 17.3. The molecule has 2 heterocycles. The van der Waals surface area contributed by atoms with E-state index >= 15 is 0 Å². The lowest BCUT2D eigenvalue weighted by atomic mass is 9.86. The SMILES string of the molecule is Cc1ccc2cc1CNC(=O)[C@H](CCc1ccccc1)NC(=O)[C@@H](NC(=O)CCOCC1CCC1)CC(=O)N1CCCC(CCO2)C1. The number of nitrogens with zero attached hydrogens (tertiary/aromatic N) is 1. The first-order chi connectivity index (χ1) is 22.8. The zero-order chi connectivity index (χ0) is 33.0. The monoisotopic (exact) mass is 646 g/mol. The molecule has 2 aromatic carbocycles. The maximum absolute atomic E-state index is 13.9. The first kappa shape index (κ1) is 34.4. The van der Waals surface area contributed by atoms with Crippen LogP contribution in [0.3, 0.4) is 0 Å². The number of hydrogen-bond donors (Lipinski definition) is 3. The van der Waals surface area contributed by atoms with Crippen LogP contribution in [0, 0.1) is 18.8 Å². The van der Waals surface area contributed by atoms with E-state index < -0.39 is 18.0 Å². The third kappa shape index (κ3) is 10.5. The van der Waals surface area contributed by atoms with Crippen molar-refractivity contribution in [3.63, 3.8) is 0 Å². The van der Waals surface area contributed by atoms with Crippen molar-refractivity contribution in [1.82, 2.24) is 20.9 Å². The van der Waals surface area contributed by atoms with E-state index in [9.17, 15) is 19.2 Å². The van der Waals surface area contributed by atoms with E-state index in [0.717, 1.165) is 54.5 Å². The van der Waals surface area contributed by atoms with Gasteiger partial charge in [0.25, 0.3) is 0 Å². The molecular weight excluding hydrogens is 596 g/mol. The first-order valence-electron chi connectivity index (χ1n) is 17.3. The highest BCUT2D eigenvalue weighted by Crippen LogP contribution is 2.26. The Hall–Kier alpha value is -3.92. The van der Waals surface area contributed by atoms with Crippen molar-refractivity contribution in [3.05, 3.63) is 65.2 Å². The standard InChI is InChI=1S/C37H50N4O6/c1-26-12-14-31-21-30(26)23-38-36(44)32(15-13-27-7-3-2-4-8-27)40-37(45)33(39-34(42)17-19-46-25-29-9-5-10-29)22-35(43)41-18-6-11-28(24-41)16-20-47-31/h2-4,7-8,12,14,21,28-29,32-33H,5-6,9-11,13,15-20,22-25H2,1H3,(H,38,44)(H,39,42)(H,40,45)/t28?,32-,33-/m0/s1. The minimum Gasteiger partial charge on any atom is -0.494 e. The summed E-state index contributed by atoms with van der Waals surface area (Å²) < 4.78 is 11.8. The molecular formula is C37H50N4O6. The maximum Gasteiger partial charge on any atom is 0.243 e. The van der Waals surface area contributed by atoms with Gasteiger partial charge in [-0.2, -0.15) is 0 Å². The third-order valence-electron chi connectivity index (χ3n) is 9.72. The van der Waals surface area contributed by atoms with Crippen LogP contribution in [0.5, 0.6) is 5.75 Å². The highest BCUT2D eigenvalue weighted by molar-refractivity contribution is 5.95. The van der Waals surface area contributed by atoms with Crippen LogP contribution in [0.2, 0.25) is 0 Å². The second-order valence-electron chi connectivity index (χ2n) is 13.3. The molecule has 1 saturated carbocycles. The molecule has 1 unspecified atom stereocenters. The van der Waals surface area contributed by atoms with E-state index in [4.69, 9.17) is 9.47 Å². The molecule has 4 bridgehead atoms. The van der Waals surface area contributed by atoms with E-state index in [1.807, 2.05) is 55.5 Å². The number of carbonyl (C=O) groups is 4. The zero-order valence-corrected chi connectivity index (χ0v) is 27.6. The molecule has 4 amide bonds. The van der Waals surface area contributed by atoms with Gasteiger partial charge in [0.1, 0.15) is 17.8 Å². The highest BCUT2D eigenvalue weighted by Gasteiger charge is 2.32. The van der Waals surface area contributed by atoms with Crippen LogP contribution >= 0.6 is 0 Å². The lowest BCUT2D eigenvalue weighted by molar-refractivity contribution is -0.138. The molecule has 1 aliphatic carbocycles. The van der Waals surface area contributed by atoms with Gasteiger partial charge in [0.2, 0.25) is 23.6 Å². The predicted molar refractivity (Wildman–Crippen MR) is 178 cm³/mol. The molecule has 254 valence electrons. The summed E-state index contributed by atoms with van der Waals surface area (Å²) in [5.41, 5.74) is 3.00. The summed E-state index contributed by atoms with van der Waals surface area (Å²) >= 11 is 0. The molecule has 47 heavy (non-hydrogen) atoms. The van der Waals surface area contributed by atoms with Crippen molar-refractivity contribution in [2.24, 2.45) is 11.8 Å². The molecule has 0 spiro atoms. The molecule has 10 heteroatoms. The summed E-state index contributed by atoms with van der Waals surface area (Å²) in [5, 5.41) is 8.70. The number of piperidine rings is 1. The van der Waals surface area contributed by atoms with Crippen molar-refractivity contribution in [2.75, 3.05) is 32.9 Å². The molecule has 2 fully saturated rings.